The van der Waals surface area contributed by atoms with Crippen molar-refractivity contribution in [3.05, 3.63) is 30.1 Å². The Hall–Kier alpha value is -1.56. The highest BCUT2D eigenvalue weighted by molar-refractivity contribution is 8.01. The fourth-order valence-corrected chi connectivity index (χ4v) is 4.42. The Morgan fingerprint density at radius 1 is 1.57 bits per heavy atom. The Morgan fingerprint density at radius 3 is 3.19 bits per heavy atom. The Morgan fingerprint density at radius 2 is 2.43 bits per heavy atom. The summed E-state index contributed by atoms with van der Waals surface area (Å²) in [4.78, 5) is 30.2. The van der Waals surface area contributed by atoms with Crippen LogP contribution < -0.4 is 5.32 Å². The van der Waals surface area contributed by atoms with E-state index in [1.54, 1.807) is 22.9 Å². The molecular formula is C15H19N3O2S. The minimum Gasteiger partial charge on any atom is -0.354 e. The van der Waals surface area contributed by atoms with Crippen molar-refractivity contribution in [3.63, 3.8) is 0 Å². The molecule has 0 aromatic carbocycles. The monoisotopic (exact) mass is 305 g/mol. The number of thioether (sulfide) groups is 1. The lowest BCUT2D eigenvalue weighted by Crippen LogP contribution is -2.50. The summed E-state index contributed by atoms with van der Waals surface area (Å²) in [5.41, 5.74) is 0.959. The van der Waals surface area contributed by atoms with Gasteiger partial charge in [0.2, 0.25) is 11.8 Å². The van der Waals surface area contributed by atoms with E-state index in [4.69, 9.17) is 0 Å². The molecule has 2 aliphatic heterocycles. The van der Waals surface area contributed by atoms with Gasteiger partial charge in [0.05, 0.1) is 4.87 Å². The van der Waals surface area contributed by atoms with E-state index in [0.717, 1.165) is 12.1 Å². The topological polar surface area (TPSA) is 62.3 Å². The molecule has 1 aromatic rings. The van der Waals surface area contributed by atoms with Crippen LogP contribution >= 0.6 is 11.8 Å². The molecule has 0 radical (unpaired) electrons. The second kappa shape index (κ2) is 5.67. The molecule has 3 heterocycles. The molecule has 2 aliphatic rings. The third-order valence-electron chi connectivity index (χ3n) is 4.15. The van der Waals surface area contributed by atoms with Crippen molar-refractivity contribution in [3.8, 4) is 0 Å². The average molecular weight is 305 g/mol. The van der Waals surface area contributed by atoms with Crippen LogP contribution in [0.15, 0.2) is 24.4 Å². The van der Waals surface area contributed by atoms with Crippen molar-refractivity contribution in [2.45, 2.75) is 37.1 Å². The van der Waals surface area contributed by atoms with Gasteiger partial charge in [-0.2, -0.15) is 0 Å². The van der Waals surface area contributed by atoms with E-state index >= 15 is 0 Å². The molecule has 2 amide bonds. The highest BCUT2D eigenvalue weighted by Crippen LogP contribution is 2.47. The van der Waals surface area contributed by atoms with Gasteiger partial charge in [-0.1, -0.05) is 6.07 Å². The van der Waals surface area contributed by atoms with E-state index in [-0.39, 0.29) is 22.7 Å². The Balaban J connectivity index is 1.55. The Kier molecular flexibility index (Phi) is 3.89. The van der Waals surface area contributed by atoms with Gasteiger partial charge >= 0.3 is 0 Å². The molecule has 0 spiro atoms. The summed E-state index contributed by atoms with van der Waals surface area (Å²) in [5.74, 6) is 0.752. The van der Waals surface area contributed by atoms with E-state index in [1.165, 1.54) is 0 Å². The lowest BCUT2D eigenvalue weighted by Gasteiger charge is -2.29. The maximum Gasteiger partial charge on any atom is 0.243 e. The molecule has 6 heteroatoms. The highest BCUT2D eigenvalue weighted by Gasteiger charge is 2.52. The van der Waals surface area contributed by atoms with Crippen LogP contribution in [-0.2, 0) is 16.0 Å². The molecule has 21 heavy (non-hydrogen) atoms. The second-order valence-electron chi connectivity index (χ2n) is 5.63. The second-order valence-corrected chi connectivity index (χ2v) is 7.13. The number of hydrogen-bond acceptors (Lipinski definition) is 4. The maximum atomic E-state index is 12.3. The molecule has 0 aliphatic carbocycles. The molecular weight excluding hydrogens is 286 g/mol. The van der Waals surface area contributed by atoms with Crippen molar-refractivity contribution in [2.75, 3.05) is 12.3 Å². The SMILES string of the molecule is CC12CCC(=O)N1C(C(=O)NCCc1ccccn1)CS2. The molecule has 5 nitrogen and oxygen atoms in total. The summed E-state index contributed by atoms with van der Waals surface area (Å²) in [7, 11) is 0. The van der Waals surface area contributed by atoms with E-state index < -0.39 is 0 Å². The van der Waals surface area contributed by atoms with Crippen LogP contribution in [0.25, 0.3) is 0 Å². The molecule has 0 saturated carbocycles. The Bertz CT molecular complexity index is 551. The van der Waals surface area contributed by atoms with E-state index in [1.807, 2.05) is 18.2 Å². The van der Waals surface area contributed by atoms with Gasteiger partial charge in [0.25, 0.3) is 0 Å². The zero-order valence-electron chi connectivity index (χ0n) is 12.0. The third-order valence-corrected chi connectivity index (χ3v) is 5.66. The fourth-order valence-electron chi connectivity index (χ4n) is 2.99. The summed E-state index contributed by atoms with van der Waals surface area (Å²) in [6.07, 6.45) is 3.85. The minimum absolute atomic E-state index is 0.0441. The summed E-state index contributed by atoms with van der Waals surface area (Å²) in [5, 5.41) is 2.94. The van der Waals surface area contributed by atoms with Gasteiger partial charge in [-0.05, 0) is 25.5 Å². The molecule has 1 aromatic heterocycles. The molecule has 2 saturated heterocycles. The first kappa shape index (κ1) is 14.4. The van der Waals surface area contributed by atoms with Crippen molar-refractivity contribution in [2.24, 2.45) is 0 Å². The predicted octanol–water partition coefficient (Wildman–Crippen LogP) is 1.19. The minimum atomic E-state index is -0.321. The smallest absolute Gasteiger partial charge is 0.243 e. The van der Waals surface area contributed by atoms with Crippen LogP contribution in [0.4, 0.5) is 0 Å². The van der Waals surface area contributed by atoms with E-state index in [9.17, 15) is 9.59 Å². The molecule has 3 rings (SSSR count). The van der Waals surface area contributed by atoms with Gasteiger partial charge in [-0.15, -0.1) is 11.8 Å². The van der Waals surface area contributed by atoms with Crippen LogP contribution in [0.2, 0.25) is 0 Å². The maximum absolute atomic E-state index is 12.3. The number of aromatic nitrogens is 1. The number of carbonyl (C=O) groups excluding carboxylic acids is 2. The zero-order valence-corrected chi connectivity index (χ0v) is 12.9. The van der Waals surface area contributed by atoms with Gasteiger partial charge in [0.1, 0.15) is 6.04 Å². The summed E-state index contributed by atoms with van der Waals surface area (Å²) < 4.78 is 0. The van der Waals surface area contributed by atoms with Gasteiger partial charge < -0.3 is 10.2 Å². The quantitative estimate of drug-likeness (QED) is 0.908. The van der Waals surface area contributed by atoms with Crippen LogP contribution in [0.1, 0.15) is 25.5 Å². The molecule has 112 valence electrons. The van der Waals surface area contributed by atoms with Crippen LogP contribution in [0.5, 0.6) is 0 Å². The van der Waals surface area contributed by atoms with E-state index in [2.05, 4.69) is 17.2 Å². The summed E-state index contributed by atoms with van der Waals surface area (Å²) in [6, 6.07) is 5.43. The zero-order chi connectivity index (χ0) is 14.9. The number of nitrogens with one attached hydrogen (secondary N) is 1. The summed E-state index contributed by atoms with van der Waals surface area (Å²) in [6.45, 7) is 2.61. The molecule has 1 N–H and O–H groups in total. The van der Waals surface area contributed by atoms with Crippen LogP contribution in [-0.4, -0.2) is 44.9 Å². The van der Waals surface area contributed by atoms with Crippen molar-refractivity contribution in [1.82, 2.24) is 15.2 Å². The number of amides is 2. The number of hydrogen-bond donors (Lipinski definition) is 1. The van der Waals surface area contributed by atoms with Gasteiger partial charge in [-0.3, -0.25) is 14.6 Å². The predicted molar refractivity (Wildman–Crippen MR) is 81.7 cm³/mol. The Labute approximate surface area is 128 Å². The van der Waals surface area contributed by atoms with Gasteiger partial charge in [0.15, 0.2) is 0 Å². The lowest BCUT2D eigenvalue weighted by molar-refractivity contribution is -0.137. The molecule has 2 fully saturated rings. The van der Waals surface area contributed by atoms with Crippen molar-refractivity contribution in [1.29, 1.82) is 0 Å². The first-order valence-electron chi connectivity index (χ1n) is 7.24. The van der Waals surface area contributed by atoms with Gasteiger partial charge in [0, 0.05) is 37.0 Å². The summed E-state index contributed by atoms with van der Waals surface area (Å²) >= 11 is 1.72. The molecule has 2 unspecified atom stereocenters. The van der Waals surface area contributed by atoms with E-state index in [0.29, 0.717) is 25.1 Å². The third kappa shape index (κ3) is 2.77. The normalized spacial score (nSPS) is 27.8. The highest BCUT2D eigenvalue weighted by atomic mass is 32.2. The largest absolute Gasteiger partial charge is 0.354 e. The first-order chi connectivity index (χ1) is 10.1. The van der Waals surface area contributed by atoms with Crippen LogP contribution in [0.3, 0.4) is 0 Å². The lowest BCUT2D eigenvalue weighted by atomic mass is 10.2. The van der Waals surface area contributed by atoms with Crippen LogP contribution in [0, 0.1) is 0 Å². The number of nitrogens with zero attached hydrogens (tertiary/aromatic N) is 2. The number of rotatable bonds is 4. The van der Waals surface area contributed by atoms with Crippen molar-refractivity contribution < 1.29 is 9.59 Å². The number of carbonyl (C=O) groups is 2. The molecule has 2 atom stereocenters. The number of fused-ring (bicyclic) bond motifs is 1. The average Bonchev–Trinajstić information content (AvgIpc) is 2.97. The molecule has 0 bridgehead atoms. The van der Waals surface area contributed by atoms with Crippen molar-refractivity contribution >= 4 is 23.6 Å². The first-order valence-corrected chi connectivity index (χ1v) is 8.22. The fraction of sp³-hybridized carbons (Fsp3) is 0.533. The standard InChI is InChI=1S/C15H19N3O2S/c1-15-7-5-13(19)18(15)12(10-21-15)14(20)17-9-6-11-4-2-3-8-16-11/h2-4,8,12H,5-7,9-10H2,1H3,(H,17,20). The van der Waals surface area contributed by atoms with Gasteiger partial charge in [-0.25, -0.2) is 0 Å². The number of pyridine rings is 1.